The zero-order valence-corrected chi connectivity index (χ0v) is 16.2. The van der Waals surface area contributed by atoms with E-state index in [2.05, 4.69) is 41.3 Å². The number of piperidine rings is 1. The van der Waals surface area contributed by atoms with Crippen LogP contribution in [0.3, 0.4) is 0 Å². The van der Waals surface area contributed by atoms with E-state index in [1.165, 1.54) is 11.1 Å². The van der Waals surface area contributed by atoms with E-state index >= 15 is 0 Å². The van der Waals surface area contributed by atoms with Crippen molar-refractivity contribution < 1.29 is 9.53 Å². The molecule has 2 aliphatic heterocycles. The number of nitrogens with one attached hydrogen (secondary N) is 1. The van der Waals surface area contributed by atoms with Crippen LogP contribution in [-0.2, 0) is 22.6 Å². The fraction of sp³-hybridized carbons (Fsp3) is 0.500. The summed E-state index contributed by atoms with van der Waals surface area (Å²) in [7, 11) is 0. The van der Waals surface area contributed by atoms with E-state index in [9.17, 15) is 4.79 Å². The van der Waals surface area contributed by atoms with Gasteiger partial charge in [-0.25, -0.2) is 9.67 Å². The lowest BCUT2D eigenvalue weighted by Crippen LogP contribution is -2.50. The van der Waals surface area contributed by atoms with Gasteiger partial charge in [-0.05, 0) is 37.5 Å². The van der Waals surface area contributed by atoms with E-state index in [0.29, 0.717) is 26.0 Å². The number of nitrogens with zero attached hydrogens (tertiary/aromatic N) is 5. The van der Waals surface area contributed by atoms with Crippen molar-refractivity contribution in [3.63, 3.8) is 0 Å². The summed E-state index contributed by atoms with van der Waals surface area (Å²) >= 11 is 0. The molecule has 28 heavy (non-hydrogen) atoms. The topological polar surface area (TPSA) is 88.9 Å². The van der Waals surface area contributed by atoms with Crippen LogP contribution in [0.4, 0.5) is 0 Å². The predicted octanol–water partition coefficient (Wildman–Crippen LogP) is 2.08. The molecule has 0 aliphatic carbocycles. The Hall–Kier alpha value is -2.74. The number of rotatable bonds is 3. The lowest BCUT2D eigenvalue weighted by atomic mass is 10.00. The maximum atomic E-state index is 12.8. The Morgan fingerprint density at radius 3 is 3.14 bits per heavy atom. The van der Waals surface area contributed by atoms with Gasteiger partial charge in [-0.3, -0.25) is 4.79 Å². The van der Waals surface area contributed by atoms with Crippen molar-refractivity contribution in [3.05, 3.63) is 41.0 Å². The number of carbonyl (C=O) groups is 1. The zero-order chi connectivity index (χ0) is 19.3. The van der Waals surface area contributed by atoms with Gasteiger partial charge in [-0.15, -0.1) is 5.10 Å². The van der Waals surface area contributed by atoms with Crippen molar-refractivity contribution in [1.29, 1.82) is 0 Å². The van der Waals surface area contributed by atoms with Crippen molar-refractivity contribution in [2.75, 3.05) is 13.1 Å². The third-order valence-electron chi connectivity index (χ3n) is 6.08. The Balaban J connectivity index is 1.26. The number of amides is 1. The van der Waals surface area contributed by atoms with Crippen LogP contribution in [0.2, 0.25) is 0 Å². The van der Waals surface area contributed by atoms with Gasteiger partial charge in [-0.1, -0.05) is 11.3 Å². The Morgan fingerprint density at radius 1 is 1.36 bits per heavy atom. The summed E-state index contributed by atoms with van der Waals surface area (Å²) in [6.07, 6.45) is 3.74. The van der Waals surface area contributed by atoms with E-state index in [0.717, 1.165) is 35.5 Å². The molecular weight excluding hydrogens is 356 g/mol. The summed E-state index contributed by atoms with van der Waals surface area (Å²) in [4.78, 5) is 22.8. The Bertz CT molecular complexity index is 1040. The summed E-state index contributed by atoms with van der Waals surface area (Å²) in [6, 6.07) is 4.21. The number of aromatic amines is 1. The number of aromatic nitrogens is 5. The number of ether oxygens (including phenoxy) is 1. The Morgan fingerprint density at radius 2 is 2.25 bits per heavy atom. The first kappa shape index (κ1) is 17.4. The summed E-state index contributed by atoms with van der Waals surface area (Å²) in [5, 5.41) is 8.19. The molecule has 4 heterocycles. The summed E-state index contributed by atoms with van der Waals surface area (Å²) in [5.74, 6) is 1.02. The molecule has 1 saturated heterocycles. The van der Waals surface area contributed by atoms with Crippen LogP contribution >= 0.6 is 0 Å². The molecule has 5 rings (SSSR count). The quantitative estimate of drug-likeness (QED) is 0.751. The van der Waals surface area contributed by atoms with E-state index in [1.54, 1.807) is 6.20 Å². The normalized spacial score (nSPS) is 21.6. The second-order valence-corrected chi connectivity index (χ2v) is 7.80. The smallest absolute Gasteiger partial charge is 0.223 e. The van der Waals surface area contributed by atoms with Crippen LogP contribution in [-0.4, -0.2) is 55.0 Å². The minimum atomic E-state index is 0.0563. The van der Waals surface area contributed by atoms with Gasteiger partial charge in [0.25, 0.3) is 0 Å². The van der Waals surface area contributed by atoms with Gasteiger partial charge in [0.05, 0.1) is 41.7 Å². The highest BCUT2D eigenvalue weighted by Crippen LogP contribution is 2.30. The van der Waals surface area contributed by atoms with E-state index in [1.807, 2.05) is 9.58 Å². The Labute approximate surface area is 162 Å². The van der Waals surface area contributed by atoms with Crippen molar-refractivity contribution in [2.24, 2.45) is 0 Å². The van der Waals surface area contributed by atoms with Gasteiger partial charge in [0.1, 0.15) is 5.82 Å². The number of likely N-dealkylation sites (tertiary alicyclic amines) is 1. The number of hydrogen-bond acceptors (Lipinski definition) is 5. The summed E-state index contributed by atoms with van der Waals surface area (Å²) in [6.45, 7) is 6.07. The van der Waals surface area contributed by atoms with E-state index in [-0.39, 0.29) is 18.1 Å². The Kier molecular flexibility index (Phi) is 4.16. The van der Waals surface area contributed by atoms with Gasteiger partial charge >= 0.3 is 0 Å². The lowest BCUT2D eigenvalue weighted by molar-refractivity contribution is -0.138. The van der Waals surface area contributed by atoms with Gasteiger partial charge in [0.15, 0.2) is 0 Å². The van der Waals surface area contributed by atoms with Gasteiger partial charge in [0.2, 0.25) is 5.91 Å². The second kappa shape index (κ2) is 6.70. The van der Waals surface area contributed by atoms with Gasteiger partial charge < -0.3 is 14.6 Å². The fourth-order valence-electron chi connectivity index (χ4n) is 4.27. The zero-order valence-electron chi connectivity index (χ0n) is 16.2. The number of benzene rings is 1. The van der Waals surface area contributed by atoms with Crippen LogP contribution in [0.1, 0.15) is 41.5 Å². The average Bonchev–Trinajstić information content (AvgIpc) is 3.35. The first-order chi connectivity index (χ1) is 13.6. The molecule has 0 unspecified atom stereocenters. The second-order valence-electron chi connectivity index (χ2n) is 7.80. The molecule has 0 radical (unpaired) electrons. The molecule has 0 spiro atoms. The van der Waals surface area contributed by atoms with Crippen LogP contribution in [0.25, 0.3) is 11.0 Å². The standard InChI is InChI=1S/C20H24N6O2/c1-12-3-4-15-20(13(12)2)23-18(22-15)5-6-19(27)25-8-7-17-16(10-25)26-14(11-28-17)9-21-24-26/h3-4,9,16-17H,5-8,10-11H2,1-2H3,(H,22,23)/t16-,17+/m0/s1. The fourth-order valence-corrected chi connectivity index (χ4v) is 4.27. The highest BCUT2D eigenvalue weighted by Gasteiger charge is 2.37. The summed E-state index contributed by atoms with van der Waals surface area (Å²) in [5.41, 5.74) is 5.43. The van der Waals surface area contributed by atoms with Crippen LogP contribution in [0.5, 0.6) is 0 Å². The van der Waals surface area contributed by atoms with Crippen LogP contribution < -0.4 is 0 Å². The molecule has 2 aliphatic rings. The van der Waals surface area contributed by atoms with Crippen molar-refractivity contribution in [2.45, 2.75) is 51.9 Å². The first-order valence-electron chi connectivity index (χ1n) is 9.83. The number of imidazole rings is 1. The molecular formula is C20H24N6O2. The van der Waals surface area contributed by atoms with Crippen LogP contribution in [0, 0.1) is 13.8 Å². The third kappa shape index (κ3) is 2.88. The maximum absolute atomic E-state index is 12.8. The molecule has 0 bridgehead atoms. The van der Waals surface area contributed by atoms with Gasteiger partial charge in [0, 0.05) is 25.9 Å². The van der Waals surface area contributed by atoms with Gasteiger partial charge in [-0.2, -0.15) is 0 Å². The largest absolute Gasteiger partial charge is 0.370 e. The molecule has 8 heteroatoms. The third-order valence-corrected chi connectivity index (χ3v) is 6.08. The molecule has 2 atom stereocenters. The molecule has 1 fully saturated rings. The molecule has 2 aromatic heterocycles. The highest BCUT2D eigenvalue weighted by atomic mass is 16.5. The number of carbonyl (C=O) groups excluding carboxylic acids is 1. The van der Waals surface area contributed by atoms with Crippen LogP contribution in [0.15, 0.2) is 18.3 Å². The molecule has 146 valence electrons. The predicted molar refractivity (Wildman–Crippen MR) is 103 cm³/mol. The molecule has 0 saturated carbocycles. The molecule has 1 aromatic carbocycles. The first-order valence-corrected chi connectivity index (χ1v) is 9.83. The van der Waals surface area contributed by atoms with Crippen molar-refractivity contribution in [1.82, 2.24) is 29.9 Å². The molecule has 8 nitrogen and oxygen atoms in total. The molecule has 1 amide bonds. The average molecular weight is 380 g/mol. The number of hydrogen-bond donors (Lipinski definition) is 1. The SMILES string of the molecule is Cc1ccc2[nH]c(CCC(=O)N3CC[C@H]4OCc5cnnn5[C@H]4C3)nc2c1C. The number of fused-ring (bicyclic) bond motifs is 4. The lowest BCUT2D eigenvalue weighted by Gasteiger charge is -2.41. The van der Waals surface area contributed by atoms with Crippen molar-refractivity contribution >= 4 is 16.9 Å². The molecule has 1 N–H and O–H groups in total. The number of H-pyrrole nitrogens is 1. The minimum absolute atomic E-state index is 0.0563. The van der Waals surface area contributed by atoms with E-state index in [4.69, 9.17) is 9.72 Å². The monoisotopic (exact) mass is 380 g/mol. The summed E-state index contributed by atoms with van der Waals surface area (Å²) < 4.78 is 7.85. The minimum Gasteiger partial charge on any atom is -0.370 e. The highest BCUT2D eigenvalue weighted by molar-refractivity contribution is 5.80. The molecule has 3 aromatic rings. The maximum Gasteiger partial charge on any atom is 0.223 e. The number of aryl methyl sites for hydroxylation is 3. The van der Waals surface area contributed by atoms with Crippen molar-refractivity contribution in [3.8, 4) is 0 Å². The van der Waals surface area contributed by atoms with E-state index < -0.39 is 0 Å².